The predicted molar refractivity (Wildman–Crippen MR) is 128 cm³/mol. The average Bonchev–Trinajstić information content (AvgIpc) is 3.52. The van der Waals surface area contributed by atoms with Crippen molar-refractivity contribution in [1.82, 2.24) is 29.8 Å². The fraction of sp³-hybridized carbons (Fsp3) is 0.423. The molecule has 2 bridgehead atoms. The number of hydrogen-bond donors (Lipinski definition) is 1. The van der Waals surface area contributed by atoms with Gasteiger partial charge in [-0.1, -0.05) is 51.1 Å². The molecule has 6 rings (SSSR count). The van der Waals surface area contributed by atoms with Crippen LogP contribution < -0.4 is 5.32 Å². The van der Waals surface area contributed by atoms with E-state index in [0.717, 1.165) is 22.9 Å². The van der Waals surface area contributed by atoms with E-state index >= 15 is 0 Å². The van der Waals surface area contributed by atoms with Crippen LogP contribution in [-0.2, 0) is 5.41 Å². The summed E-state index contributed by atoms with van der Waals surface area (Å²) in [7, 11) is 0. The third kappa shape index (κ3) is 3.77. The summed E-state index contributed by atoms with van der Waals surface area (Å²) in [5.41, 5.74) is 3.09. The van der Waals surface area contributed by atoms with Crippen LogP contribution in [0.3, 0.4) is 0 Å². The molecule has 0 spiro atoms. The summed E-state index contributed by atoms with van der Waals surface area (Å²) in [4.78, 5) is 6.50. The zero-order chi connectivity index (χ0) is 24.5. The van der Waals surface area contributed by atoms with Gasteiger partial charge in [0, 0.05) is 36.8 Å². The number of alkyl halides is 3. The Balaban J connectivity index is 1.47. The number of hydrogen-bond acceptors (Lipinski definition) is 5. The average molecular weight is 481 g/mol. The van der Waals surface area contributed by atoms with Crippen molar-refractivity contribution in [3.05, 3.63) is 59.8 Å². The molecule has 35 heavy (non-hydrogen) atoms. The summed E-state index contributed by atoms with van der Waals surface area (Å²) in [6, 6.07) is 11.4. The topological polar surface area (TPSA) is 58.4 Å². The Morgan fingerprint density at radius 1 is 1.03 bits per heavy atom. The number of para-hydroxylation sites is 1. The van der Waals surface area contributed by atoms with Crippen molar-refractivity contribution in [3.63, 3.8) is 0 Å². The first-order valence-corrected chi connectivity index (χ1v) is 11.9. The molecular weight excluding hydrogens is 453 g/mol. The Labute approximate surface area is 201 Å². The zero-order valence-corrected chi connectivity index (χ0v) is 19.8. The third-order valence-electron chi connectivity index (χ3n) is 7.24. The maximum atomic E-state index is 14.3. The Bertz CT molecular complexity index is 1420. The van der Waals surface area contributed by atoms with Crippen LogP contribution >= 0.6 is 0 Å². The van der Waals surface area contributed by atoms with Crippen molar-refractivity contribution < 1.29 is 13.2 Å². The highest BCUT2D eigenvalue weighted by atomic mass is 19.4. The molecule has 2 fully saturated rings. The zero-order valence-electron chi connectivity index (χ0n) is 19.8. The largest absolute Gasteiger partial charge is 0.408 e. The second-order valence-corrected chi connectivity index (χ2v) is 10.7. The summed E-state index contributed by atoms with van der Waals surface area (Å²) in [6.07, 6.45) is -2.11. The number of halogens is 3. The highest BCUT2D eigenvalue weighted by Crippen LogP contribution is 2.43. The first-order chi connectivity index (χ1) is 16.6. The molecule has 1 aromatic carbocycles. The van der Waals surface area contributed by atoms with Gasteiger partial charge < -0.3 is 5.32 Å². The third-order valence-corrected chi connectivity index (χ3v) is 7.24. The second kappa shape index (κ2) is 7.73. The molecule has 4 aromatic rings. The number of nitrogens with one attached hydrogen (secondary N) is 1. The van der Waals surface area contributed by atoms with Gasteiger partial charge in [-0.3, -0.25) is 9.30 Å². The molecule has 9 heteroatoms. The van der Waals surface area contributed by atoms with Gasteiger partial charge in [-0.05, 0) is 35.1 Å². The molecule has 6 nitrogen and oxygen atoms in total. The Morgan fingerprint density at radius 2 is 1.86 bits per heavy atom. The molecule has 3 aromatic heterocycles. The molecule has 0 amide bonds. The van der Waals surface area contributed by atoms with E-state index in [0.29, 0.717) is 30.3 Å². The van der Waals surface area contributed by atoms with Crippen LogP contribution in [-0.4, -0.2) is 55.8 Å². The van der Waals surface area contributed by atoms with Gasteiger partial charge in [0.05, 0.1) is 5.52 Å². The molecule has 0 aliphatic carbocycles. The quantitative estimate of drug-likeness (QED) is 0.453. The van der Waals surface area contributed by atoms with E-state index in [-0.39, 0.29) is 23.1 Å². The number of benzene rings is 1. The van der Waals surface area contributed by atoms with Crippen molar-refractivity contribution >= 4 is 16.6 Å². The fourth-order valence-electron chi connectivity index (χ4n) is 5.60. The number of rotatable bonds is 3. The van der Waals surface area contributed by atoms with E-state index < -0.39 is 12.2 Å². The van der Waals surface area contributed by atoms with Gasteiger partial charge in [-0.2, -0.15) is 13.2 Å². The SMILES string of the molecule is CC(C)(C)c1cccc2ccc(-c3nnc4ccc([C@@H](N5C[C@@H]6C[C@@H]5CN6)C(F)(F)F)cn34)nc12. The Hall–Kier alpha value is -3.04. The van der Waals surface area contributed by atoms with Crippen molar-refractivity contribution in [2.45, 2.75) is 56.9 Å². The number of likely N-dealkylation sites (tertiary alicyclic amines) is 1. The van der Waals surface area contributed by atoms with Crippen LogP contribution in [0.5, 0.6) is 0 Å². The molecule has 2 aliphatic rings. The van der Waals surface area contributed by atoms with E-state index in [2.05, 4.69) is 42.4 Å². The summed E-state index contributed by atoms with van der Waals surface area (Å²) in [6.45, 7) is 7.38. The molecule has 0 unspecified atom stereocenters. The maximum absolute atomic E-state index is 14.3. The second-order valence-electron chi connectivity index (χ2n) is 10.7. The van der Waals surface area contributed by atoms with E-state index in [1.807, 2.05) is 24.3 Å². The lowest BCUT2D eigenvalue weighted by atomic mass is 9.85. The van der Waals surface area contributed by atoms with Crippen LogP contribution in [0.2, 0.25) is 0 Å². The van der Waals surface area contributed by atoms with Crippen molar-refractivity contribution in [2.75, 3.05) is 13.1 Å². The minimum atomic E-state index is -4.39. The minimum Gasteiger partial charge on any atom is -0.311 e. The lowest BCUT2D eigenvalue weighted by Crippen LogP contribution is -2.49. The number of piperazine rings is 1. The smallest absolute Gasteiger partial charge is 0.311 e. The van der Waals surface area contributed by atoms with Crippen LogP contribution in [0.4, 0.5) is 13.2 Å². The van der Waals surface area contributed by atoms with Gasteiger partial charge in [-0.25, -0.2) is 4.98 Å². The summed E-state index contributed by atoms with van der Waals surface area (Å²) in [5.74, 6) is 0.429. The minimum absolute atomic E-state index is 0.110. The van der Waals surface area contributed by atoms with E-state index in [4.69, 9.17) is 4.98 Å². The first kappa shape index (κ1) is 22.4. The van der Waals surface area contributed by atoms with Crippen LogP contribution in [0, 0.1) is 0 Å². The van der Waals surface area contributed by atoms with Crippen molar-refractivity contribution in [1.29, 1.82) is 0 Å². The molecule has 2 saturated heterocycles. The van der Waals surface area contributed by atoms with Gasteiger partial charge in [0.25, 0.3) is 0 Å². The lowest BCUT2D eigenvalue weighted by Gasteiger charge is -2.36. The lowest BCUT2D eigenvalue weighted by molar-refractivity contribution is -0.190. The van der Waals surface area contributed by atoms with E-state index in [1.165, 1.54) is 12.3 Å². The fourth-order valence-corrected chi connectivity index (χ4v) is 5.60. The maximum Gasteiger partial charge on any atom is 0.408 e. The van der Waals surface area contributed by atoms with Crippen LogP contribution in [0.25, 0.3) is 28.1 Å². The number of pyridine rings is 2. The summed E-state index contributed by atoms with van der Waals surface area (Å²) in [5, 5.41) is 12.8. The molecule has 2 aliphatic heterocycles. The van der Waals surface area contributed by atoms with Crippen LogP contribution in [0.1, 0.15) is 44.4 Å². The molecule has 0 saturated carbocycles. The van der Waals surface area contributed by atoms with E-state index in [9.17, 15) is 13.2 Å². The predicted octanol–water partition coefficient (Wildman–Crippen LogP) is 4.89. The van der Waals surface area contributed by atoms with Gasteiger partial charge in [0.15, 0.2) is 11.5 Å². The number of aromatic nitrogens is 4. The van der Waals surface area contributed by atoms with Gasteiger partial charge in [0.2, 0.25) is 0 Å². The number of nitrogens with zero attached hydrogens (tertiary/aromatic N) is 5. The van der Waals surface area contributed by atoms with Gasteiger partial charge >= 0.3 is 6.18 Å². The molecule has 5 heterocycles. The highest BCUT2D eigenvalue weighted by Gasteiger charge is 2.51. The molecule has 182 valence electrons. The number of fused-ring (bicyclic) bond motifs is 4. The monoisotopic (exact) mass is 480 g/mol. The molecule has 3 atom stereocenters. The van der Waals surface area contributed by atoms with Crippen LogP contribution in [0.15, 0.2) is 48.7 Å². The van der Waals surface area contributed by atoms with Crippen molar-refractivity contribution in [2.24, 2.45) is 0 Å². The molecule has 1 N–H and O–H groups in total. The first-order valence-electron chi connectivity index (χ1n) is 11.9. The molecular formula is C26H27F3N6. The normalized spacial score (nSPS) is 21.9. The Morgan fingerprint density at radius 3 is 2.54 bits per heavy atom. The highest BCUT2D eigenvalue weighted by molar-refractivity contribution is 5.84. The summed E-state index contributed by atoms with van der Waals surface area (Å²) < 4.78 is 44.7. The van der Waals surface area contributed by atoms with Gasteiger partial charge in [-0.15, -0.1) is 10.2 Å². The standard InChI is InChI=1S/C26H27F3N6/c1-25(2,3)19-6-4-5-15-7-9-20(31-22(15)19)24-33-32-21-10-8-16(13-35(21)24)23(26(27,28)29)34-14-17-11-18(34)12-30-17/h4-10,13,17-18,23,30H,11-12,14H2,1-3H3/t17-,18+,23+/m0/s1. The summed E-state index contributed by atoms with van der Waals surface area (Å²) >= 11 is 0. The van der Waals surface area contributed by atoms with Gasteiger partial charge in [0.1, 0.15) is 11.7 Å². The Kier molecular flexibility index (Phi) is 4.95. The van der Waals surface area contributed by atoms with Crippen molar-refractivity contribution in [3.8, 4) is 11.5 Å². The van der Waals surface area contributed by atoms with E-state index in [1.54, 1.807) is 15.4 Å². The molecule has 0 radical (unpaired) electrons.